The van der Waals surface area contributed by atoms with Crippen LogP contribution >= 0.6 is 22.6 Å². The maximum atomic E-state index is 11.3. The monoisotopic (exact) mass is 322 g/mol. The van der Waals surface area contributed by atoms with Gasteiger partial charge in [-0.2, -0.15) is 0 Å². The quantitative estimate of drug-likeness (QED) is 0.565. The average Bonchev–Trinajstić information content (AvgIpc) is 2.59. The number of halogens is 1. The molecule has 0 aromatic rings. The minimum atomic E-state index is -0.274. The molecule has 1 saturated heterocycles. The van der Waals surface area contributed by atoms with Crippen molar-refractivity contribution < 1.29 is 9.53 Å². The summed E-state index contributed by atoms with van der Waals surface area (Å²) < 4.78 is 6.76. The van der Waals surface area contributed by atoms with Crippen LogP contribution in [-0.2, 0) is 9.53 Å². The van der Waals surface area contributed by atoms with Crippen LogP contribution in [-0.4, -0.2) is 11.6 Å². The first-order valence-corrected chi connectivity index (χ1v) is 6.80. The summed E-state index contributed by atoms with van der Waals surface area (Å²) in [6, 6.07) is 0. The Hall–Kier alpha value is -0.0600. The van der Waals surface area contributed by atoms with Crippen LogP contribution in [0.15, 0.2) is 9.66 Å². The van der Waals surface area contributed by atoms with E-state index in [1.54, 1.807) is 0 Å². The third-order valence-corrected chi connectivity index (χ3v) is 4.22. The highest BCUT2D eigenvalue weighted by molar-refractivity contribution is 14.1. The fourth-order valence-electron chi connectivity index (χ4n) is 1.92. The first-order valence-electron chi connectivity index (χ1n) is 5.72. The number of ether oxygens (including phenoxy) is 1. The molecule has 86 valence electrons. The summed E-state index contributed by atoms with van der Waals surface area (Å²) in [5.74, 6) is -0.0372. The summed E-state index contributed by atoms with van der Waals surface area (Å²) in [5.41, 5.74) is -0.274. The van der Waals surface area contributed by atoms with Gasteiger partial charge in [-0.05, 0) is 41.9 Å². The first-order chi connectivity index (χ1) is 7.14. The van der Waals surface area contributed by atoms with Gasteiger partial charge in [-0.15, -0.1) is 0 Å². The Balaban J connectivity index is 2.77. The number of rotatable bonds is 5. The predicted octanol–water partition coefficient (Wildman–Crippen LogP) is 3.98. The molecule has 2 nitrogen and oxygen atoms in total. The molecule has 0 radical (unpaired) electrons. The zero-order chi connectivity index (χ0) is 11.3. The molecule has 0 aromatic carbocycles. The van der Waals surface area contributed by atoms with Gasteiger partial charge >= 0.3 is 5.97 Å². The first kappa shape index (κ1) is 13.0. The molecule has 1 unspecified atom stereocenters. The maximum Gasteiger partial charge on any atom is 0.306 e. The lowest BCUT2D eigenvalue weighted by Gasteiger charge is -2.27. The lowest BCUT2D eigenvalue weighted by Crippen LogP contribution is -2.28. The molecule has 0 bridgehead atoms. The van der Waals surface area contributed by atoms with Crippen LogP contribution in [0.3, 0.4) is 0 Å². The molecule has 15 heavy (non-hydrogen) atoms. The van der Waals surface area contributed by atoms with Crippen molar-refractivity contribution in [1.82, 2.24) is 0 Å². The minimum Gasteiger partial charge on any atom is -0.454 e. The second-order valence-corrected chi connectivity index (χ2v) is 5.19. The Morgan fingerprint density at radius 2 is 2.33 bits per heavy atom. The van der Waals surface area contributed by atoms with Crippen LogP contribution in [0, 0.1) is 0 Å². The van der Waals surface area contributed by atoms with Crippen molar-refractivity contribution >= 4 is 28.6 Å². The van der Waals surface area contributed by atoms with Crippen molar-refractivity contribution in [3.8, 4) is 0 Å². The lowest BCUT2D eigenvalue weighted by atomic mass is 9.92. The van der Waals surface area contributed by atoms with Gasteiger partial charge in [-0.25, -0.2) is 0 Å². The van der Waals surface area contributed by atoms with Gasteiger partial charge in [-0.3, -0.25) is 4.79 Å². The van der Waals surface area contributed by atoms with Gasteiger partial charge in [0, 0.05) is 16.4 Å². The number of carbonyl (C=O) groups is 1. The largest absolute Gasteiger partial charge is 0.454 e. The normalized spacial score (nSPS) is 26.9. The zero-order valence-corrected chi connectivity index (χ0v) is 11.7. The molecule has 0 N–H and O–H groups in total. The van der Waals surface area contributed by atoms with Crippen LogP contribution in [0.1, 0.15) is 52.4 Å². The van der Waals surface area contributed by atoms with Crippen LogP contribution in [0.4, 0.5) is 0 Å². The van der Waals surface area contributed by atoms with Crippen LogP contribution in [0.5, 0.6) is 0 Å². The molecule has 1 heterocycles. The summed E-state index contributed by atoms with van der Waals surface area (Å²) in [5, 5.41) is 0. The molecule has 0 saturated carbocycles. The van der Waals surface area contributed by atoms with E-state index in [4.69, 9.17) is 4.74 Å². The Labute approximate surface area is 106 Å². The van der Waals surface area contributed by atoms with Crippen molar-refractivity contribution in [2.24, 2.45) is 0 Å². The second-order valence-electron chi connectivity index (χ2n) is 4.03. The molecule has 0 aromatic heterocycles. The maximum absolute atomic E-state index is 11.3. The number of allylic oxidation sites excluding steroid dienone is 1. The molecule has 0 amide bonds. The molecular weight excluding hydrogens is 303 g/mol. The molecule has 1 fully saturated rings. The van der Waals surface area contributed by atoms with E-state index in [1.807, 2.05) is 0 Å². The van der Waals surface area contributed by atoms with Gasteiger partial charge in [0.25, 0.3) is 0 Å². The number of esters is 1. The number of hydrogen-bond donors (Lipinski definition) is 0. The number of cyclic esters (lactones) is 1. The summed E-state index contributed by atoms with van der Waals surface area (Å²) in [6.45, 7) is 4.28. The van der Waals surface area contributed by atoms with E-state index >= 15 is 0 Å². The lowest BCUT2D eigenvalue weighted by molar-refractivity contribution is -0.145. The highest BCUT2D eigenvalue weighted by Gasteiger charge is 2.41. The average molecular weight is 322 g/mol. The van der Waals surface area contributed by atoms with Crippen molar-refractivity contribution in [1.29, 1.82) is 0 Å². The molecule has 1 rings (SSSR count). The standard InChI is InChI=1S/C12H19IO2/c1-3-5-8-12(10(13)6-4-2)9-7-11(14)15-12/h6H,3-5,7-9H2,1-2H3/b10-6-. The zero-order valence-electron chi connectivity index (χ0n) is 9.51. The van der Waals surface area contributed by atoms with Crippen molar-refractivity contribution in [3.05, 3.63) is 9.66 Å². The number of hydrogen-bond acceptors (Lipinski definition) is 2. The number of carbonyl (C=O) groups excluding carboxylic acids is 1. The fraction of sp³-hybridized carbons (Fsp3) is 0.750. The molecule has 0 spiro atoms. The smallest absolute Gasteiger partial charge is 0.306 e. The minimum absolute atomic E-state index is 0.0372. The van der Waals surface area contributed by atoms with E-state index in [2.05, 4.69) is 42.5 Å². The SMILES string of the molecule is CC/C=C(\I)C1(CCCC)CCC(=O)O1. The summed E-state index contributed by atoms with van der Waals surface area (Å²) in [6.07, 6.45) is 7.86. The molecule has 1 atom stereocenters. The second kappa shape index (κ2) is 5.87. The third kappa shape index (κ3) is 3.20. The van der Waals surface area contributed by atoms with Gasteiger partial charge in [0.15, 0.2) is 0 Å². The third-order valence-electron chi connectivity index (χ3n) is 2.79. The van der Waals surface area contributed by atoms with E-state index in [1.165, 1.54) is 3.58 Å². The molecule has 1 aliphatic heterocycles. The van der Waals surface area contributed by atoms with Crippen LogP contribution in [0.2, 0.25) is 0 Å². The highest BCUT2D eigenvalue weighted by Crippen LogP contribution is 2.41. The van der Waals surface area contributed by atoms with Crippen LogP contribution < -0.4 is 0 Å². The fourth-order valence-corrected chi connectivity index (χ4v) is 3.00. The van der Waals surface area contributed by atoms with E-state index in [0.29, 0.717) is 6.42 Å². The van der Waals surface area contributed by atoms with Gasteiger partial charge in [0.05, 0.1) is 0 Å². The van der Waals surface area contributed by atoms with Gasteiger partial charge < -0.3 is 4.74 Å². The van der Waals surface area contributed by atoms with E-state index in [-0.39, 0.29) is 11.6 Å². The van der Waals surface area contributed by atoms with Gasteiger partial charge in [-0.1, -0.05) is 26.3 Å². The van der Waals surface area contributed by atoms with Crippen molar-refractivity contribution in [2.75, 3.05) is 0 Å². The Morgan fingerprint density at radius 3 is 2.80 bits per heavy atom. The van der Waals surface area contributed by atoms with E-state index in [9.17, 15) is 4.79 Å². The summed E-state index contributed by atoms with van der Waals surface area (Å²) >= 11 is 2.33. The molecule has 1 aliphatic rings. The molecule has 3 heteroatoms. The van der Waals surface area contributed by atoms with E-state index < -0.39 is 0 Å². The predicted molar refractivity (Wildman–Crippen MR) is 70.0 cm³/mol. The molecule has 0 aliphatic carbocycles. The molecular formula is C12H19IO2. The summed E-state index contributed by atoms with van der Waals surface area (Å²) in [4.78, 5) is 11.3. The van der Waals surface area contributed by atoms with Crippen molar-refractivity contribution in [3.63, 3.8) is 0 Å². The van der Waals surface area contributed by atoms with Crippen molar-refractivity contribution in [2.45, 2.75) is 58.0 Å². The topological polar surface area (TPSA) is 26.3 Å². The Bertz CT molecular complexity index is 260. The van der Waals surface area contributed by atoms with E-state index in [0.717, 1.165) is 32.1 Å². The summed E-state index contributed by atoms with van der Waals surface area (Å²) in [7, 11) is 0. The number of unbranched alkanes of at least 4 members (excludes halogenated alkanes) is 1. The Kier molecular flexibility index (Phi) is 5.09. The van der Waals surface area contributed by atoms with Gasteiger partial charge in [0.2, 0.25) is 0 Å². The van der Waals surface area contributed by atoms with Gasteiger partial charge in [0.1, 0.15) is 5.60 Å². The highest BCUT2D eigenvalue weighted by atomic mass is 127. The Morgan fingerprint density at radius 1 is 1.60 bits per heavy atom. The van der Waals surface area contributed by atoms with Crippen LogP contribution in [0.25, 0.3) is 0 Å².